The van der Waals surface area contributed by atoms with Gasteiger partial charge in [-0.3, -0.25) is 9.59 Å². The van der Waals surface area contributed by atoms with Crippen LogP contribution in [-0.4, -0.2) is 31.5 Å². The van der Waals surface area contributed by atoms with Gasteiger partial charge in [0.25, 0.3) is 5.91 Å². The van der Waals surface area contributed by atoms with Gasteiger partial charge in [0.15, 0.2) is 6.61 Å². The number of rotatable bonds is 5. The molecule has 21 heavy (non-hydrogen) atoms. The van der Waals surface area contributed by atoms with Crippen LogP contribution >= 0.6 is 0 Å². The third kappa shape index (κ3) is 5.43. The van der Waals surface area contributed by atoms with Crippen LogP contribution in [0.15, 0.2) is 24.3 Å². The second-order valence-corrected chi connectivity index (χ2v) is 5.82. The van der Waals surface area contributed by atoms with Gasteiger partial charge in [0, 0.05) is 18.8 Å². The molecule has 0 fully saturated rings. The van der Waals surface area contributed by atoms with Crippen LogP contribution in [0.1, 0.15) is 20.8 Å². The molecular formula is C15H23N3O3. The van der Waals surface area contributed by atoms with Gasteiger partial charge in [-0.05, 0) is 17.5 Å². The minimum atomic E-state index is -0.618. The average Bonchev–Trinajstić information content (AvgIpc) is 2.43. The maximum absolute atomic E-state index is 12.0. The van der Waals surface area contributed by atoms with E-state index in [1.165, 1.54) is 7.05 Å². The molecule has 0 aliphatic carbocycles. The van der Waals surface area contributed by atoms with Crippen molar-refractivity contribution >= 4 is 17.5 Å². The van der Waals surface area contributed by atoms with Crippen LogP contribution in [0.25, 0.3) is 0 Å². The van der Waals surface area contributed by atoms with E-state index in [1.807, 2.05) is 20.8 Å². The zero-order chi connectivity index (χ0) is 16.0. The summed E-state index contributed by atoms with van der Waals surface area (Å²) in [6.45, 7) is 5.63. The summed E-state index contributed by atoms with van der Waals surface area (Å²) in [5.41, 5.74) is 6.16. The summed E-state index contributed by atoms with van der Waals surface area (Å²) in [5.74, 6) is 0.0193. The molecule has 0 saturated carbocycles. The minimum absolute atomic E-state index is 0.0740. The summed E-state index contributed by atoms with van der Waals surface area (Å²) in [6.07, 6.45) is 0. The van der Waals surface area contributed by atoms with Crippen LogP contribution in [0.2, 0.25) is 0 Å². The maximum atomic E-state index is 12.0. The van der Waals surface area contributed by atoms with E-state index in [4.69, 9.17) is 10.5 Å². The Morgan fingerprint density at radius 3 is 2.57 bits per heavy atom. The normalized spacial score (nSPS) is 12.4. The van der Waals surface area contributed by atoms with Crippen molar-refractivity contribution in [3.8, 4) is 5.75 Å². The molecule has 1 aromatic carbocycles. The second kappa shape index (κ2) is 7.08. The standard InChI is InChI=1S/C15H23N3O3/c1-15(2,3)13(16)14(20)18-10-6-5-7-11(8-10)21-9-12(19)17-4/h5-8,13H,9,16H2,1-4H3,(H,17,19)(H,18,20)/t13-/m1/s1. The first-order chi connectivity index (χ1) is 9.74. The van der Waals surface area contributed by atoms with Crippen LogP contribution in [0.5, 0.6) is 5.75 Å². The number of carbonyl (C=O) groups excluding carboxylic acids is 2. The Morgan fingerprint density at radius 2 is 2.00 bits per heavy atom. The highest BCUT2D eigenvalue weighted by Crippen LogP contribution is 2.21. The molecule has 116 valence electrons. The van der Waals surface area contributed by atoms with Gasteiger partial charge in [0.05, 0.1) is 6.04 Å². The Balaban J connectivity index is 2.68. The van der Waals surface area contributed by atoms with Crippen molar-refractivity contribution in [3.63, 3.8) is 0 Å². The van der Waals surface area contributed by atoms with Crippen molar-refractivity contribution in [2.75, 3.05) is 19.0 Å². The van der Waals surface area contributed by atoms with Gasteiger partial charge >= 0.3 is 0 Å². The summed E-state index contributed by atoms with van der Waals surface area (Å²) in [7, 11) is 1.54. The lowest BCUT2D eigenvalue weighted by Gasteiger charge is -2.25. The fraction of sp³-hybridized carbons (Fsp3) is 0.467. The number of nitrogens with one attached hydrogen (secondary N) is 2. The number of anilines is 1. The van der Waals surface area contributed by atoms with Gasteiger partial charge in [-0.25, -0.2) is 0 Å². The van der Waals surface area contributed by atoms with Gasteiger partial charge in [-0.1, -0.05) is 26.8 Å². The van der Waals surface area contributed by atoms with Gasteiger partial charge in [-0.2, -0.15) is 0 Å². The highest BCUT2D eigenvalue weighted by molar-refractivity contribution is 5.95. The van der Waals surface area contributed by atoms with E-state index in [9.17, 15) is 9.59 Å². The van der Waals surface area contributed by atoms with Gasteiger partial charge < -0.3 is 21.1 Å². The Hall–Kier alpha value is -2.08. The molecule has 1 atom stereocenters. The zero-order valence-electron chi connectivity index (χ0n) is 12.9. The second-order valence-electron chi connectivity index (χ2n) is 5.82. The fourth-order valence-electron chi connectivity index (χ4n) is 1.50. The first-order valence-corrected chi connectivity index (χ1v) is 6.74. The highest BCUT2D eigenvalue weighted by Gasteiger charge is 2.27. The molecule has 1 aromatic rings. The monoisotopic (exact) mass is 293 g/mol. The Labute approximate surface area is 125 Å². The molecule has 0 saturated heterocycles. The van der Waals surface area contributed by atoms with Crippen molar-refractivity contribution in [2.24, 2.45) is 11.1 Å². The van der Waals surface area contributed by atoms with E-state index in [-0.39, 0.29) is 23.8 Å². The summed E-state index contributed by atoms with van der Waals surface area (Å²) < 4.78 is 5.31. The van der Waals surface area contributed by atoms with E-state index in [0.29, 0.717) is 11.4 Å². The molecule has 0 radical (unpaired) electrons. The van der Waals surface area contributed by atoms with Crippen molar-refractivity contribution in [3.05, 3.63) is 24.3 Å². The van der Waals surface area contributed by atoms with Crippen molar-refractivity contribution in [1.29, 1.82) is 0 Å². The first kappa shape index (κ1) is 17.0. The van der Waals surface area contributed by atoms with E-state index < -0.39 is 6.04 Å². The Kier molecular flexibility index (Phi) is 5.72. The van der Waals surface area contributed by atoms with Crippen LogP contribution in [0, 0.1) is 5.41 Å². The SMILES string of the molecule is CNC(=O)COc1cccc(NC(=O)[C@@H](N)C(C)(C)C)c1. The lowest BCUT2D eigenvalue weighted by Crippen LogP contribution is -2.45. The van der Waals surface area contributed by atoms with Crippen LogP contribution in [0.3, 0.4) is 0 Å². The number of amides is 2. The predicted molar refractivity (Wildman–Crippen MR) is 82.1 cm³/mol. The van der Waals surface area contributed by atoms with Gasteiger partial charge in [0.2, 0.25) is 5.91 Å². The van der Waals surface area contributed by atoms with Gasteiger partial charge in [0.1, 0.15) is 5.75 Å². The summed E-state index contributed by atoms with van der Waals surface area (Å²) in [5, 5.41) is 5.21. The number of ether oxygens (including phenoxy) is 1. The molecule has 0 aliphatic heterocycles. The van der Waals surface area contributed by atoms with Crippen molar-refractivity contribution in [2.45, 2.75) is 26.8 Å². The predicted octanol–water partition coefficient (Wildman–Crippen LogP) is 1.12. The molecule has 6 heteroatoms. The maximum Gasteiger partial charge on any atom is 0.257 e. The number of carbonyl (C=O) groups is 2. The third-order valence-electron chi connectivity index (χ3n) is 2.97. The number of hydrogen-bond acceptors (Lipinski definition) is 4. The topological polar surface area (TPSA) is 93.5 Å². The molecule has 0 aromatic heterocycles. The van der Waals surface area contributed by atoms with E-state index in [2.05, 4.69) is 10.6 Å². The van der Waals surface area contributed by atoms with E-state index in [0.717, 1.165) is 0 Å². The lowest BCUT2D eigenvalue weighted by molar-refractivity contribution is -0.122. The van der Waals surface area contributed by atoms with Crippen molar-refractivity contribution < 1.29 is 14.3 Å². The smallest absolute Gasteiger partial charge is 0.257 e. The lowest BCUT2D eigenvalue weighted by atomic mass is 9.87. The largest absolute Gasteiger partial charge is 0.484 e. The molecular weight excluding hydrogens is 270 g/mol. The zero-order valence-corrected chi connectivity index (χ0v) is 12.9. The quantitative estimate of drug-likeness (QED) is 0.758. The van der Waals surface area contributed by atoms with E-state index >= 15 is 0 Å². The molecule has 2 amide bonds. The fourth-order valence-corrected chi connectivity index (χ4v) is 1.50. The molecule has 0 unspecified atom stereocenters. The molecule has 0 aliphatic rings. The number of nitrogens with two attached hydrogens (primary N) is 1. The Morgan fingerprint density at radius 1 is 1.33 bits per heavy atom. The molecule has 6 nitrogen and oxygen atoms in total. The molecule has 0 spiro atoms. The molecule has 0 heterocycles. The summed E-state index contributed by atoms with van der Waals surface area (Å²) in [6, 6.07) is 6.21. The number of hydrogen-bond donors (Lipinski definition) is 3. The third-order valence-corrected chi connectivity index (χ3v) is 2.97. The molecule has 1 rings (SSSR count). The van der Waals surface area contributed by atoms with Crippen LogP contribution in [-0.2, 0) is 9.59 Å². The van der Waals surface area contributed by atoms with E-state index in [1.54, 1.807) is 24.3 Å². The van der Waals surface area contributed by atoms with Crippen LogP contribution in [0.4, 0.5) is 5.69 Å². The first-order valence-electron chi connectivity index (χ1n) is 6.74. The Bertz CT molecular complexity index is 509. The molecule has 0 bridgehead atoms. The van der Waals surface area contributed by atoms with Crippen molar-refractivity contribution in [1.82, 2.24) is 5.32 Å². The average molecular weight is 293 g/mol. The molecule has 4 N–H and O–H groups in total. The van der Waals surface area contributed by atoms with Crippen LogP contribution < -0.4 is 21.1 Å². The van der Waals surface area contributed by atoms with Gasteiger partial charge in [-0.15, -0.1) is 0 Å². The highest BCUT2D eigenvalue weighted by atomic mass is 16.5. The number of benzene rings is 1. The minimum Gasteiger partial charge on any atom is -0.484 e. The summed E-state index contributed by atoms with van der Waals surface area (Å²) in [4.78, 5) is 23.2. The summed E-state index contributed by atoms with van der Waals surface area (Å²) >= 11 is 0. The number of likely N-dealkylation sites (N-methyl/N-ethyl adjacent to an activating group) is 1.